The molecule has 1 aliphatic heterocycles. The molecule has 2 heterocycles. The average Bonchev–Trinajstić information content (AvgIpc) is 3.26. The molecule has 8 heteroatoms. The molecule has 5 nitrogen and oxygen atoms in total. The second-order valence-corrected chi connectivity index (χ2v) is 7.09. The van der Waals surface area contributed by atoms with Gasteiger partial charge in [0, 0.05) is 43.3 Å². The molecule has 1 aliphatic rings. The van der Waals surface area contributed by atoms with E-state index in [4.69, 9.17) is 5.26 Å². The molecule has 29 heavy (non-hydrogen) atoms. The first-order valence-corrected chi connectivity index (χ1v) is 9.01. The van der Waals surface area contributed by atoms with Gasteiger partial charge in [0.2, 0.25) is 0 Å². The van der Waals surface area contributed by atoms with E-state index in [1.165, 1.54) is 12.1 Å². The third-order valence-electron chi connectivity index (χ3n) is 4.89. The van der Waals surface area contributed by atoms with Crippen LogP contribution in [0.25, 0.3) is 11.3 Å². The Morgan fingerprint density at radius 2 is 1.83 bits per heavy atom. The minimum absolute atomic E-state index is 0.343. The molecule has 0 spiro atoms. The number of halogens is 3. The normalized spacial score (nSPS) is 13.9. The maximum absolute atomic E-state index is 12.8. The fraction of sp³-hybridized carbons (Fsp3) is 0.238. The van der Waals surface area contributed by atoms with Crippen molar-refractivity contribution in [1.82, 2.24) is 14.5 Å². The van der Waals surface area contributed by atoms with E-state index in [9.17, 15) is 13.2 Å². The highest BCUT2D eigenvalue weighted by atomic mass is 19.4. The van der Waals surface area contributed by atoms with Crippen LogP contribution in [-0.2, 0) is 26.3 Å². The van der Waals surface area contributed by atoms with Crippen LogP contribution in [0.4, 0.5) is 24.5 Å². The van der Waals surface area contributed by atoms with Crippen molar-refractivity contribution >= 4 is 11.4 Å². The molecule has 0 fully saturated rings. The van der Waals surface area contributed by atoms with Crippen LogP contribution in [0, 0.1) is 11.3 Å². The topological polar surface area (TPSA) is 56.9 Å². The van der Waals surface area contributed by atoms with Crippen LogP contribution in [0.2, 0.25) is 0 Å². The van der Waals surface area contributed by atoms with E-state index in [2.05, 4.69) is 16.4 Å². The Hall–Kier alpha value is -3.31. The molecule has 0 saturated carbocycles. The minimum Gasteiger partial charge on any atom is -0.355 e. The smallest absolute Gasteiger partial charge is 0.355 e. The predicted octanol–water partition coefficient (Wildman–Crippen LogP) is 4.69. The number of nitriles is 1. The van der Waals surface area contributed by atoms with Gasteiger partial charge < -0.3 is 9.88 Å². The molecular formula is C21H18F3N5. The van der Waals surface area contributed by atoms with E-state index in [1.807, 2.05) is 34.8 Å². The minimum atomic E-state index is -4.37. The van der Waals surface area contributed by atoms with Crippen molar-refractivity contribution < 1.29 is 13.2 Å². The molecule has 0 bridgehead atoms. The van der Waals surface area contributed by atoms with E-state index >= 15 is 0 Å². The zero-order chi connectivity index (χ0) is 20.6. The van der Waals surface area contributed by atoms with Crippen molar-refractivity contribution in [2.75, 3.05) is 11.9 Å². The van der Waals surface area contributed by atoms with Gasteiger partial charge in [-0.1, -0.05) is 0 Å². The predicted molar refractivity (Wildman–Crippen MR) is 103 cm³/mol. The number of anilines is 2. The fourth-order valence-electron chi connectivity index (χ4n) is 3.50. The van der Waals surface area contributed by atoms with Crippen LogP contribution < -0.4 is 5.32 Å². The molecule has 2 aromatic carbocycles. The summed E-state index contributed by atoms with van der Waals surface area (Å²) < 4.78 is 40.3. The number of nitrogens with one attached hydrogen (secondary N) is 1. The van der Waals surface area contributed by atoms with Gasteiger partial charge in [0.15, 0.2) is 0 Å². The van der Waals surface area contributed by atoms with Crippen molar-refractivity contribution in [2.45, 2.75) is 19.3 Å². The van der Waals surface area contributed by atoms with Crippen LogP contribution in [0.1, 0.15) is 16.7 Å². The van der Waals surface area contributed by atoms with Crippen LogP contribution in [-0.4, -0.2) is 21.0 Å². The molecule has 0 unspecified atom stereocenters. The third kappa shape index (κ3) is 3.96. The second-order valence-electron chi connectivity index (χ2n) is 7.09. The molecular weight excluding hydrogens is 379 g/mol. The Labute approximate surface area is 166 Å². The van der Waals surface area contributed by atoms with Gasteiger partial charge in [0.1, 0.15) is 0 Å². The number of nitrogens with zero attached hydrogens (tertiary/aromatic N) is 4. The van der Waals surface area contributed by atoms with Crippen molar-refractivity contribution in [3.05, 3.63) is 65.6 Å². The van der Waals surface area contributed by atoms with Gasteiger partial charge in [-0.3, -0.25) is 4.90 Å². The number of rotatable bonds is 4. The Bertz CT molecular complexity index is 1080. The molecule has 1 aromatic heterocycles. The number of aryl methyl sites for hydroxylation is 1. The van der Waals surface area contributed by atoms with E-state index in [0.717, 1.165) is 40.2 Å². The van der Waals surface area contributed by atoms with E-state index in [0.29, 0.717) is 25.3 Å². The Morgan fingerprint density at radius 1 is 1.14 bits per heavy atom. The lowest BCUT2D eigenvalue weighted by atomic mass is 10.0. The first-order chi connectivity index (χ1) is 13.8. The SMILES string of the molecule is Cn1cnc(-c2cc3c(cc2Nc2ccc(C(F)(F)F)cc2)CN(CC#N)C3)c1. The highest BCUT2D eigenvalue weighted by Gasteiger charge is 2.30. The fourth-order valence-corrected chi connectivity index (χ4v) is 3.50. The maximum atomic E-state index is 12.8. The summed E-state index contributed by atoms with van der Waals surface area (Å²) >= 11 is 0. The van der Waals surface area contributed by atoms with Crippen molar-refractivity contribution in [2.24, 2.45) is 7.05 Å². The molecule has 0 aliphatic carbocycles. The van der Waals surface area contributed by atoms with E-state index in [1.54, 1.807) is 6.33 Å². The summed E-state index contributed by atoms with van der Waals surface area (Å²) in [5.74, 6) is 0. The largest absolute Gasteiger partial charge is 0.416 e. The summed E-state index contributed by atoms with van der Waals surface area (Å²) in [7, 11) is 1.88. The molecule has 148 valence electrons. The van der Waals surface area contributed by atoms with Crippen molar-refractivity contribution in [3.63, 3.8) is 0 Å². The first kappa shape index (κ1) is 19.0. The molecule has 4 rings (SSSR count). The lowest BCUT2D eigenvalue weighted by Gasteiger charge is -2.14. The lowest BCUT2D eigenvalue weighted by Crippen LogP contribution is -2.15. The number of benzene rings is 2. The number of imidazole rings is 1. The van der Waals surface area contributed by atoms with Crippen molar-refractivity contribution in [3.8, 4) is 17.3 Å². The second kappa shape index (κ2) is 7.26. The molecule has 3 aromatic rings. The van der Waals surface area contributed by atoms with Gasteiger partial charge in [-0.05, 0) is 47.5 Å². The Balaban J connectivity index is 1.70. The van der Waals surface area contributed by atoms with Gasteiger partial charge >= 0.3 is 6.18 Å². The van der Waals surface area contributed by atoms with Crippen LogP contribution >= 0.6 is 0 Å². The maximum Gasteiger partial charge on any atom is 0.416 e. The lowest BCUT2D eigenvalue weighted by molar-refractivity contribution is -0.137. The van der Waals surface area contributed by atoms with Crippen LogP contribution in [0.15, 0.2) is 48.9 Å². The highest BCUT2D eigenvalue weighted by molar-refractivity contribution is 5.80. The van der Waals surface area contributed by atoms with E-state index < -0.39 is 11.7 Å². The summed E-state index contributed by atoms with van der Waals surface area (Å²) in [6.07, 6.45) is -0.774. The van der Waals surface area contributed by atoms with Gasteiger partial charge in [-0.15, -0.1) is 0 Å². The van der Waals surface area contributed by atoms with E-state index in [-0.39, 0.29) is 0 Å². The summed E-state index contributed by atoms with van der Waals surface area (Å²) in [5, 5.41) is 12.2. The highest BCUT2D eigenvalue weighted by Crippen LogP contribution is 2.36. The summed E-state index contributed by atoms with van der Waals surface area (Å²) in [6.45, 7) is 1.69. The molecule has 1 N–H and O–H groups in total. The number of alkyl halides is 3. The van der Waals surface area contributed by atoms with Crippen LogP contribution in [0.3, 0.4) is 0 Å². The monoisotopic (exact) mass is 397 g/mol. The summed E-state index contributed by atoms with van der Waals surface area (Å²) in [6, 6.07) is 11.2. The summed E-state index contributed by atoms with van der Waals surface area (Å²) in [4.78, 5) is 6.46. The van der Waals surface area contributed by atoms with Crippen molar-refractivity contribution in [1.29, 1.82) is 5.26 Å². The standard InChI is InChI=1S/C21H18F3N5/c1-28-12-20(26-13-28)18-8-14-10-29(7-6-25)11-15(14)9-19(18)27-17-4-2-16(3-5-17)21(22,23)24/h2-5,8-9,12-13,27H,7,10-11H2,1H3. The molecule has 0 saturated heterocycles. The first-order valence-electron chi connectivity index (χ1n) is 9.01. The number of hydrogen-bond donors (Lipinski definition) is 1. The Kier molecular flexibility index (Phi) is 4.76. The number of hydrogen-bond acceptors (Lipinski definition) is 4. The average molecular weight is 397 g/mol. The van der Waals surface area contributed by atoms with Crippen LogP contribution in [0.5, 0.6) is 0 Å². The quantitative estimate of drug-likeness (QED) is 0.649. The molecule has 0 atom stereocenters. The van der Waals surface area contributed by atoms with Gasteiger partial charge in [-0.2, -0.15) is 18.4 Å². The molecule has 0 amide bonds. The zero-order valence-corrected chi connectivity index (χ0v) is 15.7. The number of fused-ring (bicyclic) bond motifs is 1. The zero-order valence-electron chi connectivity index (χ0n) is 15.7. The van der Waals surface area contributed by atoms with Gasteiger partial charge in [-0.25, -0.2) is 4.98 Å². The van der Waals surface area contributed by atoms with Gasteiger partial charge in [0.25, 0.3) is 0 Å². The van der Waals surface area contributed by atoms with Gasteiger partial charge in [0.05, 0.1) is 30.2 Å². The third-order valence-corrected chi connectivity index (χ3v) is 4.89. The molecule has 0 radical (unpaired) electrons. The summed E-state index contributed by atoms with van der Waals surface area (Å²) in [5.41, 5.74) is 4.48. The number of aromatic nitrogens is 2. The Morgan fingerprint density at radius 3 is 2.41 bits per heavy atom.